The van der Waals surface area contributed by atoms with Gasteiger partial charge in [-0.05, 0) is 26.5 Å². The first kappa shape index (κ1) is 17.0. The molecule has 0 spiro atoms. The van der Waals surface area contributed by atoms with E-state index in [4.69, 9.17) is 9.47 Å². The second-order valence-corrected chi connectivity index (χ2v) is 9.13. The van der Waals surface area contributed by atoms with Crippen molar-refractivity contribution >= 4 is 14.0 Å². The Labute approximate surface area is 94.5 Å². The highest BCUT2D eigenvalue weighted by Gasteiger charge is 2.06. The summed E-state index contributed by atoms with van der Waals surface area (Å²) in [5.41, 5.74) is 1.65. The van der Waals surface area contributed by atoms with Crippen LogP contribution in [0, 0.1) is 0 Å². The van der Waals surface area contributed by atoms with Crippen LogP contribution < -0.4 is 0 Å². The van der Waals surface area contributed by atoms with Crippen molar-refractivity contribution in [1.82, 2.24) is 0 Å². The van der Waals surface area contributed by atoms with Gasteiger partial charge in [-0.15, -0.1) is 0 Å². The minimum Gasteiger partial charge on any atom is -0.353 e. The van der Waals surface area contributed by atoms with E-state index in [-0.39, 0.29) is 6.29 Å². The average molecular weight is 232 g/mol. The largest absolute Gasteiger partial charge is 0.353 e. The van der Waals surface area contributed by atoms with Crippen molar-refractivity contribution in [3.8, 4) is 0 Å². The van der Waals surface area contributed by atoms with Gasteiger partial charge < -0.3 is 9.47 Å². The first-order valence-electron chi connectivity index (χ1n) is 5.32. The highest BCUT2D eigenvalue weighted by Crippen LogP contribution is 1.97. The van der Waals surface area contributed by atoms with E-state index < -0.39 is 8.07 Å². The Morgan fingerprint density at radius 3 is 1.73 bits per heavy atom. The summed E-state index contributed by atoms with van der Waals surface area (Å²) in [4.78, 5) is 9.67. The summed E-state index contributed by atoms with van der Waals surface area (Å²) in [7, 11) is -1.21. The van der Waals surface area contributed by atoms with Gasteiger partial charge in [0.05, 0.1) is 8.07 Å². The fourth-order valence-corrected chi connectivity index (χ4v) is 1.05. The molecule has 0 fully saturated rings. The fourth-order valence-electron chi connectivity index (χ4n) is 0.694. The van der Waals surface area contributed by atoms with Crippen molar-refractivity contribution in [1.29, 1.82) is 0 Å². The molecule has 0 aromatic rings. The van der Waals surface area contributed by atoms with Crippen LogP contribution in [0.25, 0.3) is 0 Å². The van der Waals surface area contributed by atoms with Crippen molar-refractivity contribution in [3.63, 3.8) is 0 Å². The van der Waals surface area contributed by atoms with Crippen LogP contribution in [0.1, 0.15) is 20.8 Å². The average Bonchev–Trinajstić information content (AvgIpc) is 2.03. The molecule has 0 saturated carbocycles. The van der Waals surface area contributed by atoms with Gasteiger partial charge in [0.25, 0.3) is 0 Å². The monoisotopic (exact) mass is 232 g/mol. The maximum atomic E-state index is 9.67. The van der Waals surface area contributed by atoms with Gasteiger partial charge in [0, 0.05) is 13.2 Å². The Bertz CT molecular complexity index is 175. The standard InChI is InChI=1S/C6H14O2.C5H10OSi/c1-4-7-6(3)8-5-2;1-7(2,3)5-4-6/h6H,4-5H2,1-3H3;5H,1-3H3. The van der Waals surface area contributed by atoms with Gasteiger partial charge in [-0.25, -0.2) is 4.79 Å². The molecule has 0 bridgehead atoms. The van der Waals surface area contributed by atoms with Gasteiger partial charge in [0.2, 0.25) is 0 Å². The van der Waals surface area contributed by atoms with E-state index in [1.54, 1.807) is 11.6 Å². The number of hydrogen-bond donors (Lipinski definition) is 0. The molecule has 0 heterocycles. The van der Waals surface area contributed by atoms with Crippen LogP contribution >= 0.6 is 0 Å². The van der Waals surface area contributed by atoms with E-state index in [2.05, 4.69) is 19.6 Å². The molecule has 0 aliphatic carbocycles. The van der Waals surface area contributed by atoms with Crippen molar-refractivity contribution in [2.24, 2.45) is 0 Å². The molecule has 0 aliphatic rings. The first-order chi connectivity index (χ1) is 6.87. The maximum absolute atomic E-state index is 9.67. The summed E-state index contributed by atoms with van der Waals surface area (Å²) in [5, 5.41) is 0. The minimum absolute atomic E-state index is 0.0370. The molecular weight excluding hydrogens is 208 g/mol. The zero-order chi connectivity index (χ0) is 12.3. The molecule has 3 nitrogen and oxygen atoms in total. The molecule has 0 atom stereocenters. The van der Waals surface area contributed by atoms with Crippen LogP contribution in [0.2, 0.25) is 19.6 Å². The van der Waals surface area contributed by atoms with Gasteiger partial charge in [-0.1, -0.05) is 19.6 Å². The normalized spacial score (nSPS) is 10.3. The second kappa shape index (κ2) is 10.1. The van der Waals surface area contributed by atoms with E-state index in [9.17, 15) is 4.79 Å². The van der Waals surface area contributed by atoms with Gasteiger partial charge in [-0.3, -0.25) is 0 Å². The minimum atomic E-state index is -1.21. The zero-order valence-corrected chi connectivity index (χ0v) is 11.8. The summed E-state index contributed by atoms with van der Waals surface area (Å²) in [6.07, 6.45) is -0.0370. The van der Waals surface area contributed by atoms with E-state index in [1.165, 1.54) is 0 Å². The van der Waals surface area contributed by atoms with Crippen molar-refractivity contribution in [2.45, 2.75) is 46.7 Å². The summed E-state index contributed by atoms with van der Waals surface area (Å²) in [6, 6.07) is 0. The van der Waals surface area contributed by atoms with Crippen LogP contribution in [0.15, 0.2) is 5.70 Å². The van der Waals surface area contributed by atoms with Gasteiger partial charge in [0.15, 0.2) is 6.29 Å². The highest BCUT2D eigenvalue weighted by molar-refractivity contribution is 6.82. The molecule has 0 rings (SSSR count). The van der Waals surface area contributed by atoms with Crippen LogP contribution in [-0.4, -0.2) is 33.5 Å². The van der Waals surface area contributed by atoms with Crippen molar-refractivity contribution in [3.05, 3.63) is 5.70 Å². The molecule has 4 heteroatoms. The summed E-state index contributed by atoms with van der Waals surface area (Å²) < 4.78 is 10.1. The highest BCUT2D eigenvalue weighted by atomic mass is 28.3. The van der Waals surface area contributed by atoms with Crippen LogP contribution in [0.5, 0.6) is 0 Å². The third-order valence-corrected chi connectivity index (χ3v) is 2.28. The molecule has 0 radical (unpaired) electrons. The lowest BCUT2D eigenvalue weighted by Crippen LogP contribution is -2.15. The lowest BCUT2D eigenvalue weighted by molar-refractivity contribution is -0.123. The van der Waals surface area contributed by atoms with Crippen LogP contribution in [0.4, 0.5) is 0 Å². The number of ether oxygens (including phenoxy) is 2. The van der Waals surface area contributed by atoms with Crippen LogP contribution in [-0.2, 0) is 14.3 Å². The molecule has 0 N–H and O–H groups in total. The van der Waals surface area contributed by atoms with Crippen molar-refractivity contribution < 1.29 is 14.3 Å². The predicted octanol–water partition coefficient (Wildman–Crippen LogP) is 2.66. The van der Waals surface area contributed by atoms with Crippen molar-refractivity contribution in [2.75, 3.05) is 13.2 Å². The van der Waals surface area contributed by atoms with E-state index in [0.29, 0.717) is 0 Å². The van der Waals surface area contributed by atoms with E-state index in [0.717, 1.165) is 13.2 Å². The fraction of sp³-hybridized carbons (Fsp3) is 0.818. The molecule has 0 unspecified atom stereocenters. The molecule has 0 saturated heterocycles. The number of hydrogen-bond acceptors (Lipinski definition) is 3. The smallest absolute Gasteiger partial charge is 0.154 e. The third-order valence-electron chi connectivity index (χ3n) is 1.29. The SMILES string of the molecule is CCOC(C)OCC.C[Si](C)(C)C=C=O. The quantitative estimate of drug-likeness (QED) is 0.415. The van der Waals surface area contributed by atoms with E-state index in [1.807, 2.05) is 20.8 Å². The Morgan fingerprint density at radius 1 is 1.20 bits per heavy atom. The second-order valence-electron chi connectivity index (χ2n) is 4.11. The van der Waals surface area contributed by atoms with Gasteiger partial charge in [-0.2, -0.15) is 0 Å². The molecule has 0 aromatic carbocycles. The molecule has 0 aromatic heterocycles. The lowest BCUT2D eigenvalue weighted by atomic mass is 10.7. The summed E-state index contributed by atoms with van der Waals surface area (Å²) in [6.45, 7) is 13.5. The van der Waals surface area contributed by atoms with Gasteiger partial charge >= 0.3 is 0 Å². The topological polar surface area (TPSA) is 35.5 Å². The van der Waals surface area contributed by atoms with E-state index >= 15 is 0 Å². The zero-order valence-electron chi connectivity index (χ0n) is 10.8. The Balaban J connectivity index is 0. The number of carbonyl (C=O) groups excluding carboxylic acids is 1. The molecule has 0 aliphatic heterocycles. The predicted molar refractivity (Wildman–Crippen MR) is 66.3 cm³/mol. The number of rotatable bonds is 5. The molecule has 15 heavy (non-hydrogen) atoms. The van der Waals surface area contributed by atoms with Gasteiger partial charge in [0.1, 0.15) is 5.94 Å². The Morgan fingerprint density at radius 2 is 1.60 bits per heavy atom. The lowest BCUT2D eigenvalue weighted by Gasteiger charge is -2.09. The molecule has 90 valence electrons. The summed E-state index contributed by atoms with van der Waals surface area (Å²) in [5.74, 6) is 1.79. The first-order valence-corrected chi connectivity index (χ1v) is 8.90. The molecular formula is C11H24O3Si. The summed E-state index contributed by atoms with van der Waals surface area (Å²) >= 11 is 0. The maximum Gasteiger partial charge on any atom is 0.154 e. The third kappa shape index (κ3) is 19.8. The van der Waals surface area contributed by atoms with Crippen LogP contribution in [0.3, 0.4) is 0 Å². The molecule has 0 amide bonds. The Hall–Kier alpha value is -0.413. The Kier molecular flexibility index (Phi) is 11.5.